The van der Waals surface area contributed by atoms with Crippen LogP contribution in [0.5, 0.6) is 0 Å². The Morgan fingerprint density at radius 1 is 1.17 bits per heavy atom. The van der Waals surface area contributed by atoms with Gasteiger partial charge in [-0.1, -0.05) is 67.2 Å². The maximum Gasteiger partial charge on any atom is 0.328 e. The van der Waals surface area contributed by atoms with Crippen LogP contribution in [0.2, 0.25) is 0 Å². The maximum absolute atomic E-state index is 12.9. The Labute approximate surface area is 147 Å². The minimum atomic E-state index is -0.155. The molecule has 1 N–H and O–H groups in total. The number of amides is 2. The lowest BCUT2D eigenvalue weighted by Gasteiger charge is -2.29. The van der Waals surface area contributed by atoms with E-state index in [4.69, 9.17) is 0 Å². The molecule has 124 valence electrons. The number of amidine groups is 1. The van der Waals surface area contributed by atoms with Gasteiger partial charge in [-0.15, -0.1) is 0 Å². The lowest BCUT2D eigenvalue weighted by Crippen LogP contribution is -2.40. The van der Waals surface area contributed by atoms with Gasteiger partial charge in [-0.2, -0.15) is 0 Å². The molecule has 5 heteroatoms. The van der Waals surface area contributed by atoms with Gasteiger partial charge >= 0.3 is 6.03 Å². The summed E-state index contributed by atoms with van der Waals surface area (Å²) < 4.78 is 0. The third-order valence-corrected chi connectivity index (χ3v) is 5.00. The Balaban J connectivity index is 1.86. The second kappa shape index (κ2) is 7.53. The van der Waals surface area contributed by atoms with E-state index in [2.05, 4.69) is 17.2 Å². The van der Waals surface area contributed by atoms with Crippen LogP contribution in [0.4, 0.5) is 10.5 Å². The van der Waals surface area contributed by atoms with Crippen molar-refractivity contribution in [3.05, 3.63) is 66.2 Å². The predicted molar refractivity (Wildman–Crippen MR) is 102 cm³/mol. The van der Waals surface area contributed by atoms with Crippen LogP contribution in [-0.4, -0.2) is 27.9 Å². The lowest BCUT2D eigenvalue weighted by molar-refractivity contribution is 0.225. The molecule has 0 aromatic heterocycles. The van der Waals surface area contributed by atoms with Crippen LogP contribution in [0, 0.1) is 0 Å². The molecule has 0 aliphatic carbocycles. The van der Waals surface area contributed by atoms with Gasteiger partial charge in [-0.3, -0.25) is 9.89 Å². The quantitative estimate of drug-likeness (QED) is 0.875. The molecule has 0 spiro atoms. The highest BCUT2D eigenvalue weighted by Crippen LogP contribution is 2.30. The van der Waals surface area contributed by atoms with Crippen molar-refractivity contribution in [2.24, 2.45) is 4.99 Å². The number of hydrogen-bond acceptors (Lipinski definition) is 3. The normalized spacial score (nSPS) is 17.9. The van der Waals surface area contributed by atoms with Crippen molar-refractivity contribution in [1.82, 2.24) is 4.90 Å². The van der Waals surface area contributed by atoms with Crippen molar-refractivity contribution in [3.63, 3.8) is 0 Å². The fourth-order valence-corrected chi connectivity index (χ4v) is 3.62. The first-order chi connectivity index (χ1) is 11.6. The minimum Gasteiger partial charge on any atom is -0.307 e. The number of benzene rings is 2. The number of carbonyl (C=O) groups is 1. The molecule has 1 aliphatic heterocycles. The van der Waals surface area contributed by atoms with Gasteiger partial charge in [0.2, 0.25) is 0 Å². The summed E-state index contributed by atoms with van der Waals surface area (Å²) in [6.45, 7) is 4.91. The van der Waals surface area contributed by atoms with Crippen LogP contribution in [0.15, 0.2) is 65.7 Å². The molecule has 4 nitrogen and oxygen atoms in total. The zero-order valence-corrected chi connectivity index (χ0v) is 14.7. The summed E-state index contributed by atoms with van der Waals surface area (Å²) in [6, 6.07) is 19.3. The largest absolute Gasteiger partial charge is 0.328 e. The van der Waals surface area contributed by atoms with E-state index in [1.165, 1.54) is 0 Å². The van der Waals surface area contributed by atoms with E-state index in [0.717, 1.165) is 23.0 Å². The van der Waals surface area contributed by atoms with E-state index >= 15 is 0 Å². The number of carbonyl (C=O) groups excluding carboxylic acids is 1. The number of nitrogens with one attached hydrogen (secondary N) is 1. The molecule has 0 saturated carbocycles. The van der Waals surface area contributed by atoms with E-state index in [0.29, 0.717) is 5.25 Å². The second-order valence-electron chi connectivity index (χ2n) is 5.80. The Morgan fingerprint density at radius 3 is 2.38 bits per heavy atom. The molecule has 1 aliphatic rings. The van der Waals surface area contributed by atoms with Crippen LogP contribution in [0.25, 0.3) is 0 Å². The molecule has 0 radical (unpaired) electrons. The van der Waals surface area contributed by atoms with Crippen molar-refractivity contribution in [3.8, 4) is 0 Å². The number of aliphatic imine (C=N–C) groups is 1. The topological polar surface area (TPSA) is 44.7 Å². The molecule has 0 bridgehead atoms. The number of thioether (sulfide) groups is 1. The number of rotatable bonds is 3. The van der Waals surface area contributed by atoms with Crippen LogP contribution >= 0.6 is 11.8 Å². The summed E-state index contributed by atoms with van der Waals surface area (Å²) in [6.07, 6.45) is 0. The average molecular weight is 339 g/mol. The third kappa shape index (κ3) is 3.79. The van der Waals surface area contributed by atoms with Crippen LogP contribution in [0.1, 0.15) is 25.5 Å². The summed E-state index contributed by atoms with van der Waals surface area (Å²) in [4.78, 5) is 19.3. The Morgan fingerprint density at radius 2 is 1.79 bits per heavy atom. The summed E-state index contributed by atoms with van der Waals surface area (Å²) in [5.74, 6) is 0. The number of nitrogens with zero attached hydrogens (tertiary/aromatic N) is 2. The Hall–Kier alpha value is -2.27. The molecule has 2 atom stereocenters. The summed E-state index contributed by atoms with van der Waals surface area (Å²) in [7, 11) is 0. The Kier molecular flexibility index (Phi) is 5.20. The SMILES string of the molecule is C[C@H](c1ccccc1)N(C(=O)Nc1ccccc1)C1=NC[C@H](C)S1. The van der Waals surface area contributed by atoms with Gasteiger partial charge < -0.3 is 5.32 Å². The predicted octanol–water partition coefficient (Wildman–Crippen LogP) is 4.77. The molecule has 0 saturated heterocycles. The standard InChI is InChI=1S/C19H21N3OS/c1-14-13-20-19(24-14)22(15(2)16-9-5-3-6-10-16)18(23)21-17-11-7-4-8-12-17/h3-12,14-15H,13H2,1-2H3,(H,21,23)/t14-,15+/m0/s1. The molecular weight excluding hydrogens is 318 g/mol. The molecule has 3 rings (SSSR count). The van der Waals surface area contributed by atoms with Gasteiger partial charge in [0, 0.05) is 10.9 Å². The summed E-state index contributed by atoms with van der Waals surface area (Å²) in [5.41, 5.74) is 1.87. The fourth-order valence-electron chi connectivity index (χ4n) is 2.61. The highest BCUT2D eigenvalue weighted by atomic mass is 32.2. The average Bonchev–Trinajstić information content (AvgIpc) is 3.02. The third-order valence-electron chi connectivity index (χ3n) is 3.91. The van der Waals surface area contributed by atoms with Gasteiger partial charge in [0.05, 0.1) is 12.6 Å². The van der Waals surface area contributed by atoms with Gasteiger partial charge in [0.15, 0.2) is 5.17 Å². The van der Waals surface area contributed by atoms with Gasteiger partial charge in [-0.05, 0) is 24.6 Å². The van der Waals surface area contributed by atoms with E-state index < -0.39 is 0 Å². The summed E-state index contributed by atoms with van der Waals surface area (Å²) >= 11 is 1.65. The van der Waals surface area contributed by atoms with E-state index in [1.807, 2.05) is 67.6 Å². The van der Waals surface area contributed by atoms with Gasteiger partial charge in [0.25, 0.3) is 0 Å². The van der Waals surface area contributed by atoms with Crippen molar-refractivity contribution >= 4 is 28.6 Å². The number of anilines is 1. The molecule has 2 aromatic carbocycles. The zero-order chi connectivity index (χ0) is 16.9. The van der Waals surface area contributed by atoms with Crippen molar-refractivity contribution in [2.45, 2.75) is 25.1 Å². The molecule has 2 aromatic rings. The maximum atomic E-state index is 12.9. The highest BCUT2D eigenvalue weighted by molar-refractivity contribution is 8.14. The summed E-state index contributed by atoms with van der Waals surface area (Å²) in [5, 5.41) is 4.16. The van der Waals surface area contributed by atoms with Crippen molar-refractivity contribution in [1.29, 1.82) is 0 Å². The minimum absolute atomic E-state index is 0.0912. The monoisotopic (exact) mass is 339 g/mol. The number of hydrogen-bond donors (Lipinski definition) is 1. The van der Waals surface area contributed by atoms with Crippen molar-refractivity contribution < 1.29 is 4.79 Å². The second-order valence-corrected chi connectivity index (χ2v) is 7.21. The van der Waals surface area contributed by atoms with Crippen LogP contribution in [-0.2, 0) is 0 Å². The van der Waals surface area contributed by atoms with E-state index in [9.17, 15) is 4.79 Å². The molecular formula is C19H21N3OS. The van der Waals surface area contributed by atoms with E-state index in [1.54, 1.807) is 16.7 Å². The van der Waals surface area contributed by atoms with E-state index in [-0.39, 0.29) is 12.1 Å². The molecule has 2 amide bonds. The number of urea groups is 1. The fraction of sp³-hybridized carbons (Fsp3) is 0.263. The molecule has 0 unspecified atom stereocenters. The van der Waals surface area contributed by atoms with Gasteiger partial charge in [-0.25, -0.2) is 4.79 Å². The lowest BCUT2D eigenvalue weighted by atomic mass is 10.1. The van der Waals surface area contributed by atoms with Crippen molar-refractivity contribution in [2.75, 3.05) is 11.9 Å². The first kappa shape index (κ1) is 16.6. The number of para-hydroxylation sites is 1. The Bertz CT molecular complexity index is 718. The first-order valence-corrected chi connectivity index (χ1v) is 8.94. The van der Waals surface area contributed by atoms with Crippen LogP contribution in [0.3, 0.4) is 0 Å². The molecule has 24 heavy (non-hydrogen) atoms. The first-order valence-electron chi connectivity index (χ1n) is 8.06. The molecule has 0 fully saturated rings. The molecule has 1 heterocycles. The van der Waals surface area contributed by atoms with Gasteiger partial charge in [0.1, 0.15) is 0 Å². The highest BCUT2D eigenvalue weighted by Gasteiger charge is 2.30. The van der Waals surface area contributed by atoms with Crippen LogP contribution < -0.4 is 5.32 Å². The smallest absolute Gasteiger partial charge is 0.307 e. The zero-order valence-electron chi connectivity index (χ0n) is 13.8.